The Bertz CT molecular complexity index is 711. The Morgan fingerprint density at radius 2 is 2.00 bits per heavy atom. The predicted octanol–water partition coefficient (Wildman–Crippen LogP) is 2.65. The molecule has 2 heterocycles. The van der Waals surface area contributed by atoms with Gasteiger partial charge in [-0.3, -0.25) is 9.89 Å². The number of anilines is 1. The average Bonchev–Trinajstić information content (AvgIpc) is 3.06. The van der Waals surface area contributed by atoms with E-state index in [-0.39, 0.29) is 18.1 Å². The molecule has 0 radical (unpaired) electrons. The van der Waals surface area contributed by atoms with Crippen LogP contribution in [-0.2, 0) is 6.54 Å². The zero-order valence-corrected chi connectivity index (χ0v) is 15.0. The Morgan fingerprint density at radius 3 is 2.69 bits per heavy atom. The van der Waals surface area contributed by atoms with E-state index in [0.29, 0.717) is 17.8 Å². The lowest BCUT2D eigenvalue weighted by Gasteiger charge is -2.27. The molecule has 0 bridgehead atoms. The number of aromatic amines is 1. The molecule has 1 aliphatic rings. The third-order valence-corrected chi connectivity index (χ3v) is 4.87. The highest BCUT2D eigenvalue weighted by Crippen LogP contribution is 2.18. The van der Waals surface area contributed by atoms with Crippen LogP contribution in [-0.4, -0.2) is 52.1 Å². The van der Waals surface area contributed by atoms with Crippen molar-refractivity contribution in [2.75, 3.05) is 31.9 Å². The van der Waals surface area contributed by atoms with E-state index in [2.05, 4.69) is 15.1 Å². The molecule has 0 spiro atoms. The lowest BCUT2D eigenvalue weighted by atomic mass is 10.1. The molecule has 26 heavy (non-hydrogen) atoms. The molecule has 1 saturated heterocycles. The van der Waals surface area contributed by atoms with Crippen molar-refractivity contribution >= 4 is 11.6 Å². The van der Waals surface area contributed by atoms with Gasteiger partial charge in [0.25, 0.3) is 5.91 Å². The molecule has 1 fully saturated rings. The fraction of sp³-hybridized carbons (Fsp3) is 0.474. The number of rotatable bonds is 6. The van der Waals surface area contributed by atoms with Gasteiger partial charge in [-0.15, -0.1) is 0 Å². The summed E-state index contributed by atoms with van der Waals surface area (Å²) in [5.41, 5.74) is 6.61. The van der Waals surface area contributed by atoms with Gasteiger partial charge < -0.3 is 15.5 Å². The summed E-state index contributed by atoms with van der Waals surface area (Å²) in [5, 5.41) is 6.55. The number of benzene rings is 1. The van der Waals surface area contributed by atoms with Crippen molar-refractivity contribution in [3.8, 4) is 0 Å². The average molecular weight is 359 g/mol. The number of carbonyl (C=O) groups is 1. The van der Waals surface area contributed by atoms with Gasteiger partial charge in [0.1, 0.15) is 5.69 Å². The first kappa shape index (κ1) is 18.4. The lowest BCUT2D eigenvalue weighted by Crippen LogP contribution is -2.39. The summed E-state index contributed by atoms with van der Waals surface area (Å²) >= 11 is 0. The van der Waals surface area contributed by atoms with E-state index in [1.807, 2.05) is 0 Å². The van der Waals surface area contributed by atoms with E-state index in [9.17, 15) is 9.18 Å². The normalized spacial score (nSPS) is 15.6. The van der Waals surface area contributed by atoms with Gasteiger partial charge >= 0.3 is 0 Å². The van der Waals surface area contributed by atoms with Gasteiger partial charge in [0.2, 0.25) is 0 Å². The largest absolute Gasteiger partial charge is 0.396 e. The monoisotopic (exact) mass is 359 g/mol. The Kier molecular flexibility index (Phi) is 6.22. The summed E-state index contributed by atoms with van der Waals surface area (Å²) in [6.07, 6.45) is 6.46. The topological polar surface area (TPSA) is 78.2 Å². The van der Waals surface area contributed by atoms with Crippen molar-refractivity contribution in [3.63, 3.8) is 0 Å². The molecule has 6 nitrogen and oxygen atoms in total. The van der Waals surface area contributed by atoms with E-state index < -0.39 is 5.82 Å². The summed E-state index contributed by atoms with van der Waals surface area (Å²) in [6, 6.07) is 6.54. The number of H-pyrrole nitrogens is 1. The van der Waals surface area contributed by atoms with E-state index >= 15 is 0 Å². The highest BCUT2D eigenvalue weighted by Gasteiger charge is 2.20. The van der Waals surface area contributed by atoms with E-state index in [0.717, 1.165) is 19.6 Å². The second-order valence-corrected chi connectivity index (χ2v) is 6.77. The number of nitrogens with one attached hydrogen (secondary N) is 1. The van der Waals surface area contributed by atoms with Crippen molar-refractivity contribution < 1.29 is 9.18 Å². The molecule has 2 aromatic rings. The Labute approximate surface area is 153 Å². The molecule has 0 atom stereocenters. The van der Waals surface area contributed by atoms with Gasteiger partial charge in [-0.25, -0.2) is 4.39 Å². The van der Waals surface area contributed by atoms with Crippen molar-refractivity contribution in [1.29, 1.82) is 0 Å². The van der Waals surface area contributed by atoms with Crippen molar-refractivity contribution in [3.05, 3.63) is 47.5 Å². The third-order valence-electron chi connectivity index (χ3n) is 4.87. The minimum atomic E-state index is -0.454. The second-order valence-electron chi connectivity index (χ2n) is 6.77. The van der Waals surface area contributed by atoms with Crippen LogP contribution in [0, 0.1) is 5.82 Å². The van der Waals surface area contributed by atoms with Crippen molar-refractivity contribution in [2.24, 2.45) is 0 Å². The van der Waals surface area contributed by atoms with Crippen LogP contribution in [0.4, 0.5) is 10.1 Å². The molecular formula is C19H26FN5O. The lowest BCUT2D eigenvalue weighted by molar-refractivity contribution is 0.0714. The molecule has 1 amide bonds. The molecule has 3 rings (SSSR count). The maximum Gasteiger partial charge on any atom is 0.272 e. The molecule has 0 unspecified atom stereocenters. The van der Waals surface area contributed by atoms with Crippen molar-refractivity contribution in [1.82, 2.24) is 20.0 Å². The quantitative estimate of drug-likeness (QED) is 0.777. The van der Waals surface area contributed by atoms with Crippen LogP contribution in [0.2, 0.25) is 0 Å². The highest BCUT2D eigenvalue weighted by molar-refractivity contribution is 5.92. The maximum atomic E-state index is 14.3. The summed E-state index contributed by atoms with van der Waals surface area (Å²) in [7, 11) is 0. The molecule has 0 saturated carbocycles. The number of nitrogen functional groups attached to an aromatic ring is 1. The number of likely N-dealkylation sites (tertiary alicyclic amines) is 1. The second kappa shape index (κ2) is 8.80. The molecule has 1 aromatic heterocycles. The number of carbonyl (C=O) groups excluding carboxylic acids is 1. The first-order valence-corrected chi connectivity index (χ1v) is 9.19. The molecule has 3 N–H and O–H groups in total. The summed E-state index contributed by atoms with van der Waals surface area (Å²) in [5.74, 6) is -0.635. The number of halogens is 1. The SMILES string of the molecule is Nc1cccc(CN(CCN2CCCCCC2)C(=O)c2ccn[nH]2)c1F. The zero-order chi connectivity index (χ0) is 18.4. The minimum Gasteiger partial charge on any atom is -0.396 e. The van der Waals surface area contributed by atoms with E-state index in [1.165, 1.54) is 31.7 Å². The number of aromatic nitrogens is 2. The zero-order valence-electron chi connectivity index (χ0n) is 15.0. The Balaban J connectivity index is 1.72. The molecule has 140 valence electrons. The van der Waals surface area contributed by atoms with Gasteiger partial charge in [-0.1, -0.05) is 25.0 Å². The smallest absolute Gasteiger partial charge is 0.272 e. The first-order valence-electron chi connectivity index (χ1n) is 9.19. The number of hydrogen-bond acceptors (Lipinski definition) is 4. The van der Waals surface area contributed by atoms with Gasteiger partial charge in [0.05, 0.1) is 5.69 Å². The van der Waals surface area contributed by atoms with Crippen LogP contribution in [0.25, 0.3) is 0 Å². The van der Waals surface area contributed by atoms with Gasteiger partial charge in [0.15, 0.2) is 5.82 Å². The molecule has 1 aliphatic heterocycles. The fourth-order valence-electron chi connectivity index (χ4n) is 3.35. The number of nitrogens with zero attached hydrogens (tertiary/aromatic N) is 3. The van der Waals surface area contributed by atoms with Gasteiger partial charge in [0, 0.05) is 31.4 Å². The van der Waals surface area contributed by atoms with Crippen LogP contribution in [0.15, 0.2) is 30.5 Å². The number of nitrogens with two attached hydrogens (primary N) is 1. The highest BCUT2D eigenvalue weighted by atomic mass is 19.1. The standard InChI is InChI=1S/C19H26FN5O/c20-18-15(6-5-7-16(18)21)14-25(19(26)17-8-9-22-23-17)13-12-24-10-3-1-2-4-11-24/h5-9H,1-4,10-14,21H2,(H,22,23). The van der Waals surface area contributed by atoms with Crippen LogP contribution < -0.4 is 5.73 Å². The number of hydrogen-bond donors (Lipinski definition) is 2. The molecule has 0 aliphatic carbocycles. The molecule has 1 aromatic carbocycles. The summed E-state index contributed by atoms with van der Waals surface area (Å²) in [6.45, 7) is 3.61. The van der Waals surface area contributed by atoms with Crippen LogP contribution in [0.5, 0.6) is 0 Å². The first-order chi connectivity index (χ1) is 12.6. The van der Waals surface area contributed by atoms with Gasteiger partial charge in [-0.2, -0.15) is 5.10 Å². The summed E-state index contributed by atoms with van der Waals surface area (Å²) in [4.78, 5) is 16.9. The Hall–Kier alpha value is -2.41. The maximum absolute atomic E-state index is 14.3. The predicted molar refractivity (Wildman–Crippen MR) is 99.0 cm³/mol. The molecular weight excluding hydrogens is 333 g/mol. The molecule has 7 heteroatoms. The van der Waals surface area contributed by atoms with E-state index in [4.69, 9.17) is 5.73 Å². The van der Waals surface area contributed by atoms with Crippen LogP contribution >= 0.6 is 0 Å². The third kappa shape index (κ3) is 4.60. The summed E-state index contributed by atoms with van der Waals surface area (Å²) < 4.78 is 14.3. The van der Waals surface area contributed by atoms with Gasteiger partial charge in [-0.05, 0) is 38.1 Å². The fourth-order valence-corrected chi connectivity index (χ4v) is 3.35. The Morgan fingerprint density at radius 1 is 1.23 bits per heavy atom. The van der Waals surface area contributed by atoms with E-state index in [1.54, 1.807) is 29.3 Å². The van der Waals surface area contributed by atoms with Crippen LogP contribution in [0.3, 0.4) is 0 Å². The van der Waals surface area contributed by atoms with Crippen LogP contribution in [0.1, 0.15) is 41.7 Å². The minimum absolute atomic E-state index is 0.101. The van der Waals surface area contributed by atoms with Crippen molar-refractivity contribution in [2.45, 2.75) is 32.2 Å². The number of amides is 1.